The van der Waals surface area contributed by atoms with E-state index in [-0.39, 0.29) is 12.6 Å². The molecule has 0 aliphatic heterocycles. The first-order valence-electron chi connectivity index (χ1n) is 7.68. The lowest BCUT2D eigenvalue weighted by Crippen LogP contribution is -2.29. The van der Waals surface area contributed by atoms with Gasteiger partial charge in [0.05, 0.1) is 5.52 Å². The van der Waals surface area contributed by atoms with E-state index in [1.54, 1.807) is 6.20 Å². The topological polar surface area (TPSA) is 94.3 Å². The van der Waals surface area contributed by atoms with Crippen molar-refractivity contribution in [1.29, 1.82) is 0 Å². The second-order valence-electron chi connectivity index (χ2n) is 5.25. The van der Waals surface area contributed by atoms with Gasteiger partial charge in [-0.25, -0.2) is 4.79 Å². The number of ether oxygens (including phenoxy) is 1. The maximum atomic E-state index is 11.8. The molecule has 1 aromatic carbocycles. The number of rotatable bonds is 8. The molecule has 0 aliphatic rings. The minimum absolute atomic E-state index is 0.221. The zero-order chi connectivity index (χ0) is 16.5. The van der Waals surface area contributed by atoms with Crippen molar-refractivity contribution in [2.45, 2.75) is 32.3 Å². The number of primary amides is 1. The molecule has 1 aromatic heterocycles. The van der Waals surface area contributed by atoms with E-state index in [0.717, 1.165) is 35.7 Å². The van der Waals surface area contributed by atoms with Crippen molar-refractivity contribution in [2.24, 2.45) is 5.73 Å². The third-order valence-corrected chi connectivity index (χ3v) is 3.46. The number of hydrogen-bond acceptors (Lipinski definition) is 4. The molecule has 2 aromatic rings. The molecule has 0 radical (unpaired) electrons. The van der Waals surface area contributed by atoms with Crippen molar-refractivity contribution in [3.63, 3.8) is 0 Å². The highest BCUT2D eigenvalue weighted by Gasteiger charge is 2.06. The molecule has 6 heteroatoms. The Hall–Kier alpha value is -2.63. The summed E-state index contributed by atoms with van der Waals surface area (Å²) < 4.78 is 5.31. The minimum atomic E-state index is -0.520. The van der Waals surface area contributed by atoms with Crippen molar-refractivity contribution in [1.82, 2.24) is 10.3 Å². The van der Waals surface area contributed by atoms with Crippen LogP contribution in [0.2, 0.25) is 0 Å². The van der Waals surface area contributed by atoms with Crippen LogP contribution in [0.3, 0.4) is 0 Å². The number of amides is 2. The Bertz CT molecular complexity index is 668. The summed E-state index contributed by atoms with van der Waals surface area (Å²) in [5.74, 6) is -0.221. The lowest BCUT2D eigenvalue weighted by molar-refractivity contribution is -0.145. The summed E-state index contributed by atoms with van der Waals surface area (Å²) in [6.07, 6.45) is 4.46. The summed E-state index contributed by atoms with van der Waals surface area (Å²) in [5, 5.41) is 3.54. The Morgan fingerprint density at radius 3 is 2.78 bits per heavy atom. The van der Waals surface area contributed by atoms with Gasteiger partial charge in [0, 0.05) is 30.1 Å². The van der Waals surface area contributed by atoms with Gasteiger partial charge in [-0.15, -0.1) is 0 Å². The van der Waals surface area contributed by atoms with Crippen LogP contribution in [0.1, 0.15) is 31.2 Å². The molecule has 6 nitrogen and oxygen atoms in total. The van der Waals surface area contributed by atoms with Crippen molar-refractivity contribution in [2.75, 3.05) is 6.54 Å². The first-order chi connectivity index (χ1) is 11.2. The number of carbonyl (C=O) groups excluding carboxylic acids is 2. The van der Waals surface area contributed by atoms with Crippen LogP contribution in [0.25, 0.3) is 10.9 Å². The number of nitrogens with two attached hydrogens (primary N) is 1. The molecule has 2 amide bonds. The van der Waals surface area contributed by atoms with Gasteiger partial charge >= 0.3 is 12.0 Å². The number of benzene rings is 1. The number of hydrogen-bond donors (Lipinski definition) is 2. The fourth-order valence-corrected chi connectivity index (χ4v) is 2.30. The highest BCUT2D eigenvalue weighted by Crippen LogP contribution is 2.17. The van der Waals surface area contributed by atoms with E-state index >= 15 is 0 Å². The summed E-state index contributed by atoms with van der Waals surface area (Å²) in [5.41, 5.74) is 6.73. The zero-order valence-electron chi connectivity index (χ0n) is 13.0. The Morgan fingerprint density at radius 2 is 1.96 bits per heavy atom. The van der Waals surface area contributed by atoms with Crippen molar-refractivity contribution >= 4 is 22.9 Å². The van der Waals surface area contributed by atoms with Gasteiger partial charge < -0.3 is 15.8 Å². The van der Waals surface area contributed by atoms with Gasteiger partial charge in [-0.05, 0) is 18.9 Å². The van der Waals surface area contributed by atoms with Crippen LogP contribution in [-0.4, -0.2) is 23.5 Å². The Kier molecular flexibility index (Phi) is 6.35. The highest BCUT2D eigenvalue weighted by molar-refractivity contribution is 5.81. The van der Waals surface area contributed by atoms with E-state index in [0.29, 0.717) is 13.0 Å². The second-order valence-corrected chi connectivity index (χ2v) is 5.25. The quantitative estimate of drug-likeness (QED) is 0.578. The monoisotopic (exact) mass is 315 g/mol. The van der Waals surface area contributed by atoms with Crippen LogP contribution in [0.4, 0.5) is 4.79 Å². The molecule has 1 heterocycles. The van der Waals surface area contributed by atoms with Gasteiger partial charge in [-0.1, -0.05) is 30.7 Å². The Morgan fingerprint density at radius 1 is 1.13 bits per heavy atom. The molecule has 0 saturated heterocycles. The summed E-state index contributed by atoms with van der Waals surface area (Å²) >= 11 is 0. The number of para-hydroxylation sites is 1. The largest absolute Gasteiger partial charge is 0.461 e. The summed E-state index contributed by atoms with van der Waals surface area (Å²) in [7, 11) is 0. The zero-order valence-corrected chi connectivity index (χ0v) is 13.0. The normalized spacial score (nSPS) is 10.4. The fourth-order valence-electron chi connectivity index (χ4n) is 2.30. The molecule has 0 saturated carbocycles. The molecule has 0 aliphatic carbocycles. The molecule has 0 bridgehead atoms. The third kappa shape index (κ3) is 5.58. The molecule has 3 N–H and O–H groups in total. The number of pyridine rings is 1. The molecule has 0 fully saturated rings. The molecule has 23 heavy (non-hydrogen) atoms. The molecule has 0 spiro atoms. The Labute approximate surface area is 135 Å². The first kappa shape index (κ1) is 16.7. The summed E-state index contributed by atoms with van der Waals surface area (Å²) in [6, 6.07) is 9.16. The predicted octanol–water partition coefficient (Wildman–Crippen LogP) is 2.51. The van der Waals surface area contributed by atoms with E-state index in [2.05, 4.69) is 10.3 Å². The van der Waals surface area contributed by atoms with Crippen molar-refractivity contribution in [3.05, 3.63) is 42.1 Å². The molecule has 0 atom stereocenters. The van der Waals surface area contributed by atoms with E-state index < -0.39 is 6.03 Å². The number of esters is 1. The molecule has 122 valence electrons. The van der Waals surface area contributed by atoms with Crippen LogP contribution in [0.5, 0.6) is 0 Å². The Balaban J connectivity index is 1.71. The second kappa shape index (κ2) is 8.73. The summed E-state index contributed by atoms with van der Waals surface area (Å²) in [4.78, 5) is 26.6. The minimum Gasteiger partial charge on any atom is -0.461 e. The first-order valence-corrected chi connectivity index (χ1v) is 7.68. The highest BCUT2D eigenvalue weighted by atomic mass is 16.5. The van der Waals surface area contributed by atoms with E-state index in [4.69, 9.17) is 10.5 Å². The molecule has 0 unspecified atom stereocenters. The maximum Gasteiger partial charge on any atom is 0.312 e. The van der Waals surface area contributed by atoms with E-state index in [1.807, 2.05) is 30.3 Å². The number of unbranched alkanes of at least 4 members (excludes halogenated alkanes) is 2. The van der Waals surface area contributed by atoms with Crippen LogP contribution < -0.4 is 11.1 Å². The van der Waals surface area contributed by atoms with Gasteiger partial charge in [-0.3, -0.25) is 9.78 Å². The fraction of sp³-hybridized carbons (Fsp3) is 0.353. The van der Waals surface area contributed by atoms with Crippen LogP contribution >= 0.6 is 0 Å². The molecular weight excluding hydrogens is 294 g/mol. The average molecular weight is 315 g/mol. The summed E-state index contributed by atoms with van der Waals surface area (Å²) in [6.45, 7) is 0.766. The van der Waals surface area contributed by atoms with Crippen LogP contribution in [-0.2, 0) is 16.1 Å². The van der Waals surface area contributed by atoms with Gasteiger partial charge in [0.2, 0.25) is 0 Å². The molecular formula is C17H21N3O3. The van der Waals surface area contributed by atoms with Crippen molar-refractivity contribution < 1.29 is 14.3 Å². The average Bonchev–Trinajstić information content (AvgIpc) is 2.55. The van der Waals surface area contributed by atoms with Crippen LogP contribution in [0.15, 0.2) is 36.5 Å². The SMILES string of the molecule is NC(=O)NCCCCCC(=O)OCc1cccc2cccnc12. The number of fused-ring (bicyclic) bond motifs is 1. The smallest absolute Gasteiger partial charge is 0.312 e. The standard InChI is InChI=1S/C17H21N3O3/c18-17(22)20-10-3-1-2-9-15(21)23-12-14-7-4-6-13-8-5-11-19-16(13)14/h4-8,11H,1-3,9-10,12H2,(H3,18,20,22). The molecule has 2 rings (SSSR count). The number of aromatic nitrogens is 1. The van der Waals surface area contributed by atoms with Gasteiger partial charge in [0.15, 0.2) is 0 Å². The van der Waals surface area contributed by atoms with Gasteiger partial charge in [-0.2, -0.15) is 0 Å². The van der Waals surface area contributed by atoms with Crippen molar-refractivity contribution in [3.8, 4) is 0 Å². The van der Waals surface area contributed by atoms with Crippen LogP contribution in [0, 0.1) is 0 Å². The van der Waals surface area contributed by atoms with E-state index in [1.165, 1.54) is 0 Å². The lowest BCUT2D eigenvalue weighted by Gasteiger charge is -2.07. The number of carbonyl (C=O) groups is 2. The lowest BCUT2D eigenvalue weighted by atomic mass is 10.1. The third-order valence-electron chi connectivity index (χ3n) is 3.46. The number of nitrogens with zero attached hydrogens (tertiary/aromatic N) is 1. The number of nitrogens with one attached hydrogen (secondary N) is 1. The van der Waals surface area contributed by atoms with Gasteiger partial charge in [0.25, 0.3) is 0 Å². The predicted molar refractivity (Wildman–Crippen MR) is 87.6 cm³/mol. The maximum absolute atomic E-state index is 11.8. The van der Waals surface area contributed by atoms with Gasteiger partial charge in [0.1, 0.15) is 6.61 Å². The van der Waals surface area contributed by atoms with E-state index in [9.17, 15) is 9.59 Å². The number of urea groups is 1.